The summed E-state index contributed by atoms with van der Waals surface area (Å²) in [6.45, 7) is 1.98. The molecule has 130 valence electrons. The van der Waals surface area contributed by atoms with Gasteiger partial charge in [0.15, 0.2) is 11.5 Å². The van der Waals surface area contributed by atoms with Crippen LogP contribution in [-0.4, -0.2) is 25.1 Å². The Labute approximate surface area is 150 Å². The van der Waals surface area contributed by atoms with Gasteiger partial charge < -0.3 is 14.8 Å². The Kier molecular flexibility index (Phi) is 5.19. The lowest BCUT2D eigenvalue weighted by atomic mass is 10.1. The fourth-order valence-corrected chi connectivity index (χ4v) is 3.50. The average molecular weight is 356 g/mol. The zero-order valence-electron chi connectivity index (χ0n) is 14.5. The molecule has 0 aliphatic heterocycles. The Morgan fingerprint density at radius 1 is 1.12 bits per heavy atom. The van der Waals surface area contributed by atoms with Crippen LogP contribution >= 0.6 is 11.3 Å². The van der Waals surface area contributed by atoms with Crippen molar-refractivity contribution in [2.75, 3.05) is 19.5 Å². The number of methoxy groups -OCH3 is 2. The van der Waals surface area contributed by atoms with Crippen LogP contribution in [0.5, 0.6) is 11.5 Å². The summed E-state index contributed by atoms with van der Waals surface area (Å²) in [5.41, 5.74) is 2.79. The predicted octanol–water partition coefficient (Wildman–Crippen LogP) is 4.19. The van der Waals surface area contributed by atoms with Crippen molar-refractivity contribution in [3.63, 3.8) is 0 Å². The fourth-order valence-electron chi connectivity index (χ4n) is 2.64. The highest BCUT2D eigenvalue weighted by atomic mass is 32.1. The number of anilines is 1. The maximum absolute atomic E-state index is 12.2. The van der Waals surface area contributed by atoms with Gasteiger partial charge in [0.1, 0.15) is 0 Å². The first-order chi connectivity index (χ1) is 12.1. The first-order valence-corrected chi connectivity index (χ1v) is 8.78. The largest absolute Gasteiger partial charge is 0.493 e. The van der Waals surface area contributed by atoms with Gasteiger partial charge in [0.2, 0.25) is 5.91 Å². The molecule has 0 bridgehead atoms. The number of hydrogen-bond donors (Lipinski definition) is 1. The normalized spacial score (nSPS) is 10.7. The van der Waals surface area contributed by atoms with Crippen LogP contribution in [0.2, 0.25) is 0 Å². The third-order valence-electron chi connectivity index (χ3n) is 3.87. The van der Waals surface area contributed by atoms with Gasteiger partial charge in [0.25, 0.3) is 0 Å². The molecule has 1 aromatic heterocycles. The number of ether oxygens (including phenoxy) is 2. The van der Waals surface area contributed by atoms with E-state index in [-0.39, 0.29) is 5.91 Å². The minimum absolute atomic E-state index is 0.0182. The van der Waals surface area contributed by atoms with Crippen molar-refractivity contribution in [3.8, 4) is 11.5 Å². The molecule has 0 fully saturated rings. The van der Waals surface area contributed by atoms with Crippen molar-refractivity contribution in [1.29, 1.82) is 0 Å². The minimum Gasteiger partial charge on any atom is -0.493 e. The Hall–Kier alpha value is -2.60. The van der Waals surface area contributed by atoms with Crippen LogP contribution in [-0.2, 0) is 11.2 Å². The van der Waals surface area contributed by atoms with E-state index >= 15 is 0 Å². The van der Waals surface area contributed by atoms with Crippen molar-refractivity contribution in [3.05, 3.63) is 47.0 Å². The van der Waals surface area contributed by atoms with Gasteiger partial charge in [-0.3, -0.25) is 4.79 Å². The summed E-state index contributed by atoms with van der Waals surface area (Å²) in [5, 5.41) is 3.97. The number of thiazole rings is 1. The standard InChI is InChI=1S/C19H20N2O3S/c1-12-20-15-7-6-14(11-18(15)25-12)21-19(22)9-5-13-4-8-16(23-2)17(10-13)24-3/h4,6-8,10-11H,5,9H2,1-3H3,(H,21,22). The van der Waals surface area contributed by atoms with Gasteiger partial charge in [-0.1, -0.05) is 6.07 Å². The highest BCUT2D eigenvalue weighted by Gasteiger charge is 2.08. The monoisotopic (exact) mass is 356 g/mol. The molecule has 6 heteroatoms. The molecule has 0 saturated heterocycles. The maximum Gasteiger partial charge on any atom is 0.224 e. The number of carbonyl (C=O) groups excluding carboxylic acids is 1. The topological polar surface area (TPSA) is 60.5 Å². The van der Waals surface area contributed by atoms with Crippen LogP contribution in [0.3, 0.4) is 0 Å². The van der Waals surface area contributed by atoms with Crippen molar-refractivity contribution in [2.45, 2.75) is 19.8 Å². The third-order valence-corrected chi connectivity index (χ3v) is 4.80. The van der Waals surface area contributed by atoms with E-state index in [1.54, 1.807) is 25.6 Å². The number of aromatic nitrogens is 1. The molecule has 25 heavy (non-hydrogen) atoms. The van der Waals surface area contributed by atoms with Crippen LogP contribution in [0.15, 0.2) is 36.4 Å². The van der Waals surface area contributed by atoms with E-state index in [0.29, 0.717) is 24.3 Å². The van der Waals surface area contributed by atoms with E-state index in [9.17, 15) is 4.79 Å². The molecule has 3 aromatic rings. The van der Waals surface area contributed by atoms with Gasteiger partial charge in [-0.15, -0.1) is 11.3 Å². The molecule has 0 unspecified atom stereocenters. The lowest BCUT2D eigenvalue weighted by Crippen LogP contribution is -2.12. The highest BCUT2D eigenvalue weighted by molar-refractivity contribution is 7.18. The van der Waals surface area contributed by atoms with Gasteiger partial charge in [-0.2, -0.15) is 0 Å². The SMILES string of the molecule is COc1ccc(CCC(=O)Nc2ccc3nc(C)sc3c2)cc1OC. The van der Waals surface area contributed by atoms with Gasteiger partial charge >= 0.3 is 0 Å². The molecule has 2 aromatic carbocycles. The van der Waals surface area contributed by atoms with E-state index in [1.165, 1.54) is 0 Å². The van der Waals surface area contributed by atoms with Crippen LogP contribution in [0.1, 0.15) is 17.0 Å². The smallest absolute Gasteiger partial charge is 0.224 e. The van der Waals surface area contributed by atoms with Crippen molar-refractivity contribution < 1.29 is 14.3 Å². The zero-order valence-corrected chi connectivity index (χ0v) is 15.3. The molecule has 1 amide bonds. The number of rotatable bonds is 6. The first kappa shape index (κ1) is 17.2. The van der Waals surface area contributed by atoms with Crippen LogP contribution in [0, 0.1) is 6.92 Å². The minimum atomic E-state index is -0.0182. The van der Waals surface area contributed by atoms with Crippen molar-refractivity contribution in [1.82, 2.24) is 4.98 Å². The Morgan fingerprint density at radius 3 is 2.68 bits per heavy atom. The maximum atomic E-state index is 12.2. The van der Waals surface area contributed by atoms with Gasteiger partial charge in [0.05, 0.1) is 29.4 Å². The van der Waals surface area contributed by atoms with Gasteiger partial charge in [-0.25, -0.2) is 4.98 Å². The molecular weight excluding hydrogens is 336 g/mol. The summed E-state index contributed by atoms with van der Waals surface area (Å²) in [7, 11) is 3.21. The summed E-state index contributed by atoms with van der Waals surface area (Å²) in [5.74, 6) is 1.34. The second-order valence-electron chi connectivity index (χ2n) is 5.65. The zero-order chi connectivity index (χ0) is 17.8. The summed E-state index contributed by atoms with van der Waals surface area (Å²) in [6, 6.07) is 11.5. The number of nitrogens with one attached hydrogen (secondary N) is 1. The van der Waals surface area contributed by atoms with Crippen LogP contribution < -0.4 is 14.8 Å². The second-order valence-corrected chi connectivity index (χ2v) is 6.89. The lowest BCUT2D eigenvalue weighted by molar-refractivity contribution is -0.116. The first-order valence-electron chi connectivity index (χ1n) is 7.97. The number of nitrogens with zero attached hydrogens (tertiary/aromatic N) is 1. The molecule has 1 heterocycles. The molecule has 3 rings (SSSR count). The number of carbonyl (C=O) groups is 1. The number of aryl methyl sites for hydroxylation is 2. The fraction of sp³-hybridized carbons (Fsp3) is 0.263. The van der Waals surface area contributed by atoms with E-state index in [2.05, 4.69) is 10.3 Å². The Morgan fingerprint density at radius 2 is 1.92 bits per heavy atom. The molecule has 0 radical (unpaired) electrons. The molecule has 0 saturated carbocycles. The summed E-state index contributed by atoms with van der Waals surface area (Å²) >= 11 is 1.62. The molecule has 0 aliphatic rings. The predicted molar refractivity (Wildman–Crippen MR) is 101 cm³/mol. The summed E-state index contributed by atoms with van der Waals surface area (Å²) in [4.78, 5) is 16.6. The second kappa shape index (κ2) is 7.53. The van der Waals surface area contributed by atoms with Crippen molar-refractivity contribution >= 4 is 33.1 Å². The van der Waals surface area contributed by atoms with E-state index < -0.39 is 0 Å². The lowest BCUT2D eigenvalue weighted by Gasteiger charge is -2.10. The summed E-state index contributed by atoms with van der Waals surface area (Å²) < 4.78 is 11.6. The van der Waals surface area contributed by atoms with Crippen LogP contribution in [0.4, 0.5) is 5.69 Å². The third kappa shape index (κ3) is 4.09. The van der Waals surface area contributed by atoms with Crippen molar-refractivity contribution in [2.24, 2.45) is 0 Å². The number of hydrogen-bond acceptors (Lipinski definition) is 5. The van der Waals surface area contributed by atoms with E-state index in [1.807, 2.05) is 43.3 Å². The molecular formula is C19H20N2O3S. The molecule has 0 aliphatic carbocycles. The quantitative estimate of drug-likeness (QED) is 0.719. The Bertz CT molecular complexity index is 905. The molecule has 0 spiro atoms. The molecule has 1 N–H and O–H groups in total. The Balaban J connectivity index is 1.62. The van der Waals surface area contributed by atoms with Gasteiger partial charge in [0, 0.05) is 12.1 Å². The molecule has 0 atom stereocenters. The van der Waals surface area contributed by atoms with E-state index in [0.717, 1.165) is 26.5 Å². The van der Waals surface area contributed by atoms with E-state index in [4.69, 9.17) is 9.47 Å². The average Bonchev–Trinajstić information content (AvgIpc) is 2.99. The highest BCUT2D eigenvalue weighted by Crippen LogP contribution is 2.28. The number of fused-ring (bicyclic) bond motifs is 1. The van der Waals surface area contributed by atoms with Crippen LogP contribution in [0.25, 0.3) is 10.2 Å². The number of amides is 1. The molecule has 5 nitrogen and oxygen atoms in total. The summed E-state index contributed by atoms with van der Waals surface area (Å²) in [6.07, 6.45) is 1.03. The number of benzene rings is 2. The van der Waals surface area contributed by atoms with Gasteiger partial charge in [-0.05, 0) is 49.2 Å².